The molecule has 2 aromatic carbocycles. The summed E-state index contributed by atoms with van der Waals surface area (Å²) in [5.74, 6) is 0.910. The average molecular weight is 463 g/mol. The molecule has 178 valence electrons. The minimum absolute atomic E-state index is 0.100. The molecule has 0 fully saturated rings. The monoisotopic (exact) mass is 462 g/mol. The highest BCUT2D eigenvalue weighted by molar-refractivity contribution is 7.85. The van der Waals surface area contributed by atoms with E-state index in [0.717, 1.165) is 19.3 Å². The lowest BCUT2D eigenvalue weighted by Crippen LogP contribution is -2.04. The fourth-order valence-electron chi connectivity index (χ4n) is 3.85. The van der Waals surface area contributed by atoms with E-state index in [1.807, 2.05) is 0 Å². The van der Waals surface area contributed by atoms with Gasteiger partial charge in [-0.25, -0.2) is 0 Å². The molecule has 0 heterocycles. The molecule has 2 aromatic rings. The number of phenols is 1. The van der Waals surface area contributed by atoms with Crippen molar-refractivity contribution >= 4 is 10.1 Å². The number of rotatable bonds is 16. The van der Waals surface area contributed by atoms with Crippen LogP contribution in [0.2, 0.25) is 0 Å². The second-order valence-electron chi connectivity index (χ2n) is 8.48. The van der Waals surface area contributed by atoms with Gasteiger partial charge in [0, 0.05) is 6.07 Å². The smallest absolute Gasteiger partial charge is 0.294 e. The van der Waals surface area contributed by atoms with Crippen LogP contribution in [0.5, 0.6) is 17.2 Å². The highest BCUT2D eigenvalue weighted by atomic mass is 32.2. The lowest BCUT2D eigenvalue weighted by atomic mass is 10.0. The number of aromatic hydroxyl groups is 1. The predicted octanol–water partition coefficient (Wildman–Crippen LogP) is 7.67. The normalized spacial score (nSPS) is 11.6. The lowest BCUT2D eigenvalue weighted by molar-refractivity contribution is 0.461. The molecule has 2 rings (SSSR count). The van der Waals surface area contributed by atoms with Crippen LogP contribution in [0.25, 0.3) is 0 Å². The van der Waals surface area contributed by atoms with Crippen LogP contribution in [0.15, 0.2) is 47.4 Å². The summed E-state index contributed by atoms with van der Waals surface area (Å²) in [6, 6.07) is 10.9. The van der Waals surface area contributed by atoms with Gasteiger partial charge in [0.05, 0.1) is 0 Å². The molecule has 0 unspecified atom stereocenters. The van der Waals surface area contributed by atoms with Crippen molar-refractivity contribution in [3.05, 3.63) is 48.0 Å². The molecule has 0 saturated heterocycles. The molecule has 0 aliphatic rings. The summed E-state index contributed by atoms with van der Waals surface area (Å²) in [6.45, 7) is 2.24. The summed E-state index contributed by atoms with van der Waals surface area (Å²) in [5, 5.41) is 9.35. The summed E-state index contributed by atoms with van der Waals surface area (Å²) in [6.07, 6.45) is 15.6. The zero-order valence-corrected chi connectivity index (χ0v) is 20.1. The van der Waals surface area contributed by atoms with Crippen LogP contribution in [0.3, 0.4) is 0 Å². The van der Waals surface area contributed by atoms with Crippen molar-refractivity contribution in [1.82, 2.24) is 0 Å². The van der Waals surface area contributed by atoms with E-state index < -0.39 is 10.1 Å². The van der Waals surface area contributed by atoms with Crippen LogP contribution < -0.4 is 4.74 Å². The Hall–Kier alpha value is -2.05. The third kappa shape index (κ3) is 10.0. The molecule has 0 saturated carbocycles. The van der Waals surface area contributed by atoms with Crippen molar-refractivity contribution in [3.8, 4) is 17.2 Å². The second kappa shape index (κ2) is 14.2. The lowest BCUT2D eigenvalue weighted by Gasteiger charge is -2.11. The Morgan fingerprint density at radius 1 is 0.719 bits per heavy atom. The van der Waals surface area contributed by atoms with Gasteiger partial charge in [0.15, 0.2) is 0 Å². The van der Waals surface area contributed by atoms with Gasteiger partial charge in [0.2, 0.25) is 0 Å². The van der Waals surface area contributed by atoms with E-state index >= 15 is 0 Å². The van der Waals surface area contributed by atoms with Crippen molar-refractivity contribution in [3.63, 3.8) is 0 Å². The maximum atomic E-state index is 11.9. The number of phenolic OH excluding ortho intramolecular Hbond substituents is 1. The SMILES string of the molecule is CCCCCCCCCCCCCCc1ccc(Oc2ccc(O)cc2)cc1S(=O)(=O)O. The second-order valence-corrected chi connectivity index (χ2v) is 9.87. The van der Waals surface area contributed by atoms with Crippen LogP contribution >= 0.6 is 0 Å². The molecule has 2 N–H and O–H groups in total. The van der Waals surface area contributed by atoms with Crippen LogP contribution in [0.4, 0.5) is 0 Å². The predicted molar refractivity (Wildman–Crippen MR) is 129 cm³/mol. The first-order valence-electron chi connectivity index (χ1n) is 12.0. The number of benzene rings is 2. The van der Waals surface area contributed by atoms with Crippen molar-refractivity contribution in [2.24, 2.45) is 0 Å². The number of hydrogen-bond donors (Lipinski definition) is 2. The molecule has 0 radical (unpaired) electrons. The van der Waals surface area contributed by atoms with E-state index in [2.05, 4.69) is 6.92 Å². The Kier molecular flexibility index (Phi) is 11.6. The van der Waals surface area contributed by atoms with E-state index in [-0.39, 0.29) is 10.6 Å². The van der Waals surface area contributed by atoms with Crippen molar-refractivity contribution in [2.75, 3.05) is 0 Å². The van der Waals surface area contributed by atoms with Crippen LogP contribution in [-0.4, -0.2) is 18.1 Å². The van der Waals surface area contributed by atoms with Crippen LogP contribution in [0.1, 0.15) is 89.5 Å². The van der Waals surface area contributed by atoms with Gasteiger partial charge in [-0.05, 0) is 48.7 Å². The fraction of sp³-hybridized carbons (Fsp3) is 0.538. The molecular formula is C26H38O5S. The summed E-state index contributed by atoms with van der Waals surface area (Å²) < 4.78 is 39.1. The minimum Gasteiger partial charge on any atom is -0.508 e. The molecule has 32 heavy (non-hydrogen) atoms. The van der Waals surface area contributed by atoms with Gasteiger partial charge in [-0.2, -0.15) is 8.42 Å². The fourth-order valence-corrected chi connectivity index (χ4v) is 4.62. The summed E-state index contributed by atoms with van der Waals surface area (Å²) >= 11 is 0. The van der Waals surface area contributed by atoms with E-state index in [1.54, 1.807) is 24.3 Å². The molecule has 0 amide bonds. The highest BCUT2D eigenvalue weighted by Gasteiger charge is 2.17. The number of ether oxygens (including phenoxy) is 1. The summed E-state index contributed by atoms with van der Waals surface area (Å²) in [5.41, 5.74) is 0.609. The third-order valence-corrected chi connectivity index (χ3v) is 6.62. The van der Waals surface area contributed by atoms with E-state index in [1.165, 1.54) is 76.0 Å². The van der Waals surface area contributed by atoms with Crippen molar-refractivity contribution in [2.45, 2.75) is 95.3 Å². The Labute approximate surface area is 193 Å². The first kappa shape index (κ1) is 26.2. The van der Waals surface area contributed by atoms with Gasteiger partial charge in [-0.1, -0.05) is 83.6 Å². The first-order chi connectivity index (χ1) is 15.4. The average Bonchev–Trinajstić information content (AvgIpc) is 2.76. The Balaban J connectivity index is 1.75. The molecule has 0 aliphatic carbocycles. The van der Waals surface area contributed by atoms with Gasteiger partial charge < -0.3 is 9.84 Å². The number of aryl methyl sites for hydroxylation is 1. The van der Waals surface area contributed by atoms with Gasteiger partial charge in [0.25, 0.3) is 10.1 Å². The first-order valence-corrected chi connectivity index (χ1v) is 13.4. The van der Waals surface area contributed by atoms with Gasteiger partial charge in [0.1, 0.15) is 22.1 Å². The van der Waals surface area contributed by atoms with Crippen molar-refractivity contribution in [1.29, 1.82) is 0 Å². The summed E-state index contributed by atoms with van der Waals surface area (Å²) in [4.78, 5) is -0.100. The van der Waals surface area contributed by atoms with E-state index in [4.69, 9.17) is 4.74 Å². The summed E-state index contributed by atoms with van der Waals surface area (Å²) in [7, 11) is -4.34. The zero-order valence-electron chi connectivity index (χ0n) is 19.3. The molecule has 0 aromatic heterocycles. The standard InChI is InChI=1S/C26H38O5S/c1-2-3-4-5-6-7-8-9-10-11-12-13-14-22-15-18-25(21-26(22)32(28,29)30)31-24-19-16-23(27)17-20-24/h15-21,27H,2-14H2,1H3,(H,28,29,30). The topological polar surface area (TPSA) is 83.8 Å². The Morgan fingerprint density at radius 2 is 1.22 bits per heavy atom. The van der Waals surface area contributed by atoms with Crippen LogP contribution in [0, 0.1) is 0 Å². The molecule has 5 nitrogen and oxygen atoms in total. The maximum Gasteiger partial charge on any atom is 0.294 e. The van der Waals surface area contributed by atoms with Gasteiger partial charge in [-0.15, -0.1) is 0 Å². The minimum atomic E-state index is -4.34. The van der Waals surface area contributed by atoms with E-state index in [0.29, 0.717) is 23.5 Å². The largest absolute Gasteiger partial charge is 0.508 e. The molecule has 6 heteroatoms. The number of hydrogen-bond acceptors (Lipinski definition) is 4. The quantitative estimate of drug-likeness (QED) is 0.197. The van der Waals surface area contributed by atoms with Gasteiger partial charge in [-0.3, -0.25) is 4.55 Å². The molecule has 0 aliphatic heterocycles. The van der Waals surface area contributed by atoms with E-state index in [9.17, 15) is 18.1 Å². The highest BCUT2D eigenvalue weighted by Crippen LogP contribution is 2.28. The molecular weight excluding hydrogens is 424 g/mol. The maximum absolute atomic E-state index is 11.9. The van der Waals surface area contributed by atoms with Gasteiger partial charge >= 0.3 is 0 Å². The third-order valence-electron chi connectivity index (χ3n) is 5.69. The zero-order chi connectivity index (χ0) is 23.2. The Morgan fingerprint density at radius 3 is 1.75 bits per heavy atom. The molecule has 0 bridgehead atoms. The van der Waals surface area contributed by atoms with Crippen LogP contribution in [-0.2, 0) is 16.5 Å². The molecule has 0 atom stereocenters. The van der Waals surface area contributed by atoms with Crippen molar-refractivity contribution < 1.29 is 22.8 Å². The Bertz CT molecular complexity index is 891. The molecule has 0 spiro atoms. The number of unbranched alkanes of at least 4 members (excludes halogenated alkanes) is 11.